The fraction of sp³-hybridized carbons (Fsp3) is 0.481. The van der Waals surface area contributed by atoms with Gasteiger partial charge < -0.3 is 18.8 Å². The van der Waals surface area contributed by atoms with Crippen molar-refractivity contribution in [3.05, 3.63) is 64.8 Å². The van der Waals surface area contributed by atoms with Crippen LogP contribution in [0.15, 0.2) is 53.7 Å². The monoisotopic (exact) mass is 494 g/mol. The maximum absolute atomic E-state index is 12.6. The Morgan fingerprint density at radius 2 is 2.08 bits per heavy atom. The van der Waals surface area contributed by atoms with Crippen LogP contribution in [0.4, 0.5) is 0 Å². The third-order valence-electron chi connectivity index (χ3n) is 5.97. The molecule has 4 rings (SSSR count). The number of aryl methyl sites for hydroxylation is 1. The summed E-state index contributed by atoms with van der Waals surface area (Å²) < 4.78 is 20.2. The van der Waals surface area contributed by atoms with Gasteiger partial charge in [0.25, 0.3) is 5.56 Å². The van der Waals surface area contributed by atoms with Gasteiger partial charge in [-0.25, -0.2) is 4.68 Å². The molecular weight excluding hydrogens is 460 g/mol. The molecule has 1 aliphatic rings. The molecule has 1 saturated heterocycles. The minimum Gasteiger partial charge on any atom is -0.492 e. The van der Waals surface area contributed by atoms with Crippen LogP contribution in [0, 0.1) is 0 Å². The van der Waals surface area contributed by atoms with Crippen molar-refractivity contribution in [2.24, 2.45) is 0 Å². The molecule has 1 fully saturated rings. The average Bonchev–Trinajstić information content (AvgIpc) is 3.36. The Balaban J connectivity index is 1.24. The second-order valence-corrected chi connectivity index (χ2v) is 9.17. The Kier molecular flexibility index (Phi) is 8.89. The van der Waals surface area contributed by atoms with Crippen LogP contribution < -0.4 is 10.3 Å². The molecule has 0 aliphatic carbocycles. The molecule has 0 N–H and O–H groups in total. The molecular formula is C27H34N4O5. The summed E-state index contributed by atoms with van der Waals surface area (Å²) in [5, 5.41) is 4.44. The minimum atomic E-state index is -0.413. The number of pyridine rings is 2. The van der Waals surface area contributed by atoms with Gasteiger partial charge in [-0.2, -0.15) is 5.10 Å². The van der Waals surface area contributed by atoms with Crippen LogP contribution in [-0.4, -0.2) is 44.6 Å². The normalized spacial score (nSPS) is 15.7. The number of rotatable bonds is 11. The summed E-state index contributed by atoms with van der Waals surface area (Å²) in [6.07, 6.45) is 10.3. The van der Waals surface area contributed by atoms with Gasteiger partial charge in [0.15, 0.2) is 6.23 Å². The number of ether oxygens (including phenoxy) is 3. The average molecular weight is 495 g/mol. The van der Waals surface area contributed by atoms with Gasteiger partial charge in [0, 0.05) is 24.6 Å². The highest BCUT2D eigenvalue weighted by Gasteiger charge is 2.20. The van der Waals surface area contributed by atoms with E-state index in [-0.39, 0.29) is 24.4 Å². The molecule has 9 heteroatoms. The highest BCUT2D eigenvalue weighted by Crippen LogP contribution is 2.27. The first-order valence-corrected chi connectivity index (χ1v) is 12.6. The van der Waals surface area contributed by atoms with Crippen molar-refractivity contribution in [2.45, 2.75) is 71.2 Å². The summed E-state index contributed by atoms with van der Waals surface area (Å²) in [4.78, 5) is 29.1. The van der Waals surface area contributed by atoms with Gasteiger partial charge in [0.2, 0.25) is 0 Å². The smallest absolute Gasteiger partial charge is 0.326 e. The fourth-order valence-electron chi connectivity index (χ4n) is 4.23. The lowest BCUT2D eigenvalue weighted by molar-refractivity contribution is -0.148. The van der Waals surface area contributed by atoms with Crippen LogP contribution in [-0.2, 0) is 27.2 Å². The van der Waals surface area contributed by atoms with E-state index in [9.17, 15) is 9.59 Å². The molecule has 3 aromatic heterocycles. The fourth-order valence-corrected chi connectivity index (χ4v) is 4.23. The van der Waals surface area contributed by atoms with Crippen molar-refractivity contribution in [2.75, 3.05) is 13.2 Å². The standard InChI is InChI=1S/C27H34N4O5/c1-20(2)36-26(32)19-30-15-7-9-21(27(30)33)8-3-5-16-34-22-11-12-23(28-18-22)24-13-14-29-31(24)25-10-4-6-17-35-25/h7,9,11-15,18,20,25H,3-6,8,10,16-17,19H2,1-2H3. The Morgan fingerprint density at radius 3 is 2.83 bits per heavy atom. The maximum atomic E-state index is 12.6. The molecule has 1 unspecified atom stereocenters. The molecule has 192 valence electrons. The molecule has 0 spiro atoms. The van der Waals surface area contributed by atoms with E-state index < -0.39 is 5.97 Å². The van der Waals surface area contributed by atoms with Gasteiger partial charge in [-0.15, -0.1) is 0 Å². The molecule has 0 aromatic carbocycles. The Morgan fingerprint density at radius 1 is 1.19 bits per heavy atom. The highest BCUT2D eigenvalue weighted by molar-refractivity contribution is 5.69. The van der Waals surface area contributed by atoms with Crippen molar-refractivity contribution in [3.63, 3.8) is 0 Å². The lowest BCUT2D eigenvalue weighted by atomic mass is 10.1. The van der Waals surface area contributed by atoms with E-state index in [0.717, 1.165) is 50.1 Å². The van der Waals surface area contributed by atoms with Crippen LogP contribution >= 0.6 is 0 Å². The third kappa shape index (κ3) is 6.81. The highest BCUT2D eigenvalue weighted by atomic mass is 16.5. The third-order valence-corrected chi connectivity index (χ3v) is 5.97. The summed E-state index contributed by atoms with van der Waals surface area (Å²) in [5.74, 6) is 0.286. The maximum Gasteiger partial charge on any atom is 0.326 e. The number of esters is 1. The van der Waals surface area contributed by atoms with Crippen LogP contribution in [0.2, 0.25) is 0 Å². The number of hydrogen-bond donors (Lipinski definition) is 0. The van der Waals surface area contributed by atoms with Crippen molar-refractivity contribution >= 4 is 5.97 Å². The van der Waals surface area contributed by atoms with Crippen LogP contribution in [0.5, 0.6) is 5.75 Å². The van der Waals surface area contributed by atoms with Crippen molar-refractivity contribution in [3.8, 4) is 17.1 Å². The second kappa shape index (κ2) is 12.5. The number of carbonyl (C=O) groups excluding carboxylic acids is 1. The van der Waals surface area contributed by atoms with Gasteiger partial charge in [-0.05, 0) is 76.6 Å². The Hall–Kier alpha value is -3.46. The van der Waals surface area contributed by atoms with E-state index in [4.69, 9.17) is 14.2 Å². The zero-order valence-electron chi connectivity index (χ0n) is 21.0. The molecule has 0 bridgehead atoms. The van der Waals surface area contributed by atoms with Crippen LogP contribution in [0.3, 0.4) is 0 Å². The predicted octanol–water partition coefficient (Wildman–Crippen LogP) is 4.16. The molecule has 4 heterocycles. The quantitative estimate of drug-likeness (QED) is 0.292. The lowest BCUT2D eigenvalue weighted by Crippen LogP contribution is -2.28. The van der Waals surface area contributed by atoms with Crippen molar-refractivity contribution < 1.29 is 19.0 Å². The van der Waals surface area contributed by atoms with Crippen LogP contribution in [0.25, 0.3) is 11.4 Å². The zero-order chi connectivity index (χ0) is 25.3. The van der Waals surface area contributed by atoms with Gasteiger partial charge in [0.05, 0.1) is 30.3 Å². The van der Waals surface area contributed by atoms with E-state index in [1.807, 2.05) is 22.9 Å². The van der Waals surface area contributed by atoms with E-state index in [2.05, 4.69) is 10.1 Å². The summed E-state index contributed by atoms with van der Waals surface area (Å²) in [6, 6.07) is 9.39. The first-order valence-electron chi connectivity index (χ1n) is 12.6. The first-order chi connectivity index (χ1) is 17.5. The SMILES string of the molecule is CC(C)OC(=O)Cn1cccc(CCCCOc2ccc(-c3ccnn3C3CCCCO3)nc2)c1=O. The molecule has 3 aromatic rings. The van der Waals surface area contributed by atoms with Crippen LogP contribution in [0.1, 0.15) is 57.7 Å². The van der Waals surface area contributed by atoms with E-state index in [1.54, 1.807) is 44.6 Å². The van der Waals surface area contributed by atoms with E-state index in [1.165, 1.54) is 4.57 Å². The zero-order valence-corrected chi connectivity index (χ0v) is 21.0. The summed E-state index contributed by atoms with van der Waals surface area (Å²) in [6.45, 7) is 4.78. The van der Waals surface area contributed by atoms with Crippen molar-refractivity contribution in [1.29, 1.82) is 0 Å². The molecule has 0 saturated carbocycles. The second-order valence-electron chi connectivity index (χ2n) is 9.17. The minimum absolute atomic E-state index is 0.0379. The van der Waals surface area contributed by atoms with Gasteiger partial charge in [0.1, 0.15) is 12.3 Å². The Labute approximate surface area is 211 Å². The number of unbranched alkanes of at least 4 members (excludes halogenated alkanes) is 1. The number of aromatic nitrogens is 4. The number of carbonyl (C=O) groups is 1. The molecule has 1 atom stereocenters. The molecule has 36 heavy (non-hydrogen) atoms. The summed E-state index contributed by atoms with van der Waals surface area (Å²) in [7, 11) is 0. The van der Waals surface area contributed by atoms with Gasteiger partial charge in [-0.1, -0.05) is 6.07 Å². The molecule has 0 radical (unpaired) electrons. The van der Waals surface area contributed by atoms with E-state index >= 15 is 0 Å². The number of nitrogens with zero attached hydrogens (tertiary/aromatic N) is 4. The van der Waals surface area contributed by atoms with Gasteiger partial charge >= 0.3 is 5.97 Å². The van der Waals surface area contributed by atoms with Crippen molar-refractivity contribution in [1.82, 2.24) is 19.3 Å². The largest absolute Gasteiger partial charge is 0.492 e. The first kappa shape index (κ1) is 25.6. The summed E-state index contributed by atoms with van der Waals surface area (Å²) in [5.41, 5.74) is 2.28. The molecule has 1 aliphatic heterocycles. The lowest BCUT2D eigenvalue weighted by Gasteiger charge is -2.24. The predicted molar refractivity (Wildman–Crippen MR) is 135 cm³/mol. The summed E-state index contributed by atoms with van der Waals surface area (Å²) >= 11 is 0. The molecule has 0 amide bonds. The topological polar surface area (TPSA) is 97.5 Å². The number of hydrogen-bond acceptors (Lipinski definition) is 7. The van der Waals surface area contributed by atoms with Gasteiger partial charge in [-0.3, -0.25) is 14.6 Å². The Bertz CT molecular complexity index is 1180. The molecule has 9 nitrogen and oxygen atoms in total. The van der Waals surface area contributed by atoms with E-state index in [0.29, 0.717) is 24.3 Å².